The fourth-order valence-electron chi connectivity index (χ4n) is 0.808. The Morgan fingerprint density at radius 2 is 2.55 bits per heavy atom. The van der Waals surface area contributed by atoms with Crippen molar-refractivity contribution in [3.63, 3.8) is 0 Å². The van der Waals surface area contributed by atoms with Crippen LogP contribution in [0.5, 0.6) is 0 Å². The summed E-state index contributed by atoms with van der Waals surface area (Å²) in [6.07, 6.45) is 3.91. The van der Waals surface area contributed by atoms with Gasteiger partial charge in [0.05, 0.1) is 0 Å². The molecule has 0 amide bonds. The molecule has 0 spiro atoms. The van der Waals surface area contributed by atoms with Gasteiger partial charge < -0.3 is 0 Å². The van der Waals surface area contributed by atoms with E-state index in [0.29, 0.717) is 0 Å². The predicted molar refractivity (Wildman–Crippen MR) is 38.9 cm³/mol. The Balaban J connectivity index is 2.66. The molecule has 0 bridgehead atoms. The topological polar surface area (TPSA) is 37.3 Å². The maximum absolute atomic E-state index is 10.5. The summed E-state index contributed by atoms with van der Waals surface area (Å²) in [6.45, 7) is 1.75. The van der Waals surface area contributed by atoms with Crippen LogP contribution in [-0.2, 0) is 4.79 Å². The van der Waals surface area contributed by atoms with Gasteiger partial charge >= 0.3 is 76.2 Å². The Labute approximate surface area is 76.3 Å². The van der Waals surface area contributed by atoms with E-state index in [1.807, 2.05) is 12.2 Å². The van der Waals surface area contributed by atoms with Gasteiger partial charge in [-0.15, -0.1) is 0 Å². The number of halogens is 1. The zero-order valence-electron chi connectivity index (χ0n) is 6.25. The fraction of sp³-hybridized carbons (Fsp3) is 0.375. The van der Waals surface area contributed by atoms with Crippen LogP contribution in [0.3, 0.4) is 0 Å². The summed E-state index contributed by atoms with van der Waals surface area (Å²) in [5.41, 5.74) is 1.08. The molecule has 0 saturated heterocycles. The molecule has 0 aromatic carbocycles. The molecule has 0 aliphatic carbocycles. The van der Waals surface area contributed by atoms with Crippen LogP contribution in [0.2, 0.25) is 0 Å². The first kappa shape index (κ1) is 8.77. The Bertz CT molecular complexity index is 218. The predicted octanol–water partition coefficient (Wildman–Crippen LogP) is -1.75. The van der Waals surface area contributed by atoms with Crippen LogP contribution >= 0.6 is 0 Å². The van der Waals surface area contributed by atoms with Gasteiger partial charge in [0.15, 0.2) is 0 Å². The fourth-order valence-corrected chi connectivity index (χ4v) is 2.99. The van der Waals surface area contributed by atoms with Gasteiger partial charge in [0, 0.05) is 0 Å². The van der Waals surface area contributed by atoms with E-state index in [2.05, 4.69) is 4.08 Å². The molecule has 0 fully saturated rings. The summed E-state index contributed by atoms with van der Waals surface area (Å²) in [5.74, 6) is -1.00. The maximum atomic E-state index is 10.5. The van der Waals surface area contributed by atoms with Crippen LogP contribution in [0.4, 0.5) is 0 Å². The van der Waals surface area contributed by atoms with Crippen molar-refractivity contribution in [3.05, 3.63) is 21.8 Å². The van der Waals surface area contributed by atoms with Crippen LogP contribution in [0.1, 0.15) is 6.92 Å². The molecule has 0 aromatic rings. The zero-order valence-corrected chi connectivity index (χ0v) is 8.41. The van der Waals surface area contributed by atoms with E-state index in [1.54, 1.807) is 6.92 Å². The Morgan fingerprint density at radius 3 is 3.00 bits per heavy atom. The van der Waals surface area contributed by atoms with Crippen molar-refractivity contribution < 1.29 is 31.1 Å². The molecular weight excluding hydrogens is 255 g/mol. The minimum atomic E-state index is -0.712. The van der Waals surface area contributed by atoms with Crippen LogP contribution < -0.4 is 21.2 Å². The number of aliphatic carboxylic acids is 1. The molecule has 1 N–H and O–H groups in total. The van der Waals surface area contributed by atoms with Crippen LogP contribution in [0.15, 0.2) is 21.8 Å². The SMILES string of the molecule is C[C@H](C(=O)O)C1=CC=C[I-]C1. The summed E-state index contributed by atoms with van der Waals surface area (Å²) in [6, 6.07) is 0. The van der Waals surface area contributed by atoms with Gasteiger partial charge in [0.1, 0.15) is 0 Å². The van der Waals surface area contributed by atoms with Crippen LogP contribution in [0, 0.1) is 5.92 Å². The van der Waals surface area contributed by atoms with E-state index in [-0.39, 0.29) is 27.1 Å². The molecule has 1 rings (SSSR count). The molecule has 1 heterocycles. The molecule has 0 aromatic heterocycles. The van der Waals surface area contributed by atoms with E-state index < -0.39 is 5.97 Å². The normalized spacial score (nSPS) is 19.9. The van der Waals surface area contributed by atoms with E-state index in [4.69, 9.17) is 5.11 Å². The second-order valence-electron chi connectivity index (χ2n) is 2.41. The summed E-state index contributed by atoms with van der Waals surface area (Å²) < 4.78 is 3.17. The molecule has 0 unspecified atom stereocenters. The van der Waals surface area contributed by atoms with Crippen LogP contribution in [-0.4, -0.2) is 15.5 Å². The van der Waals surface area contributed by atoms with Gasteiger partial charge in [-0.1, -0.05) is 0 Å². The first-order chi connectivity index (χ1) is 5.22. The minimum absolute atomic E-state index is 0.103. The van der Waals surface area contributed by atoms with Crippen molar-refractivity contribution in [2.75, 3.05) is 4.43 Å². The summed E-state index contributed by atoms with van der Waals surface area (Å²) in [7, 11) is 0. The van der Waals surface area contributed by atoms with Crippen molar-refractivity contribution in [1.82, 2.24) is 0 Å². The second-order valence-corrected chi connectivity index (χ2v) is 4.77. The second kappa shape index (κ2) is 3.90. The van der Waals surface area contributed by atoms with Crippen molar-refractivity contribution in [2.24, 2.45) is 5.92 Å². The van der Waals surface area contributed by atoms with Crippen LogP contribution in [0.25, 0.3) is 0 Å². The number of carboxylic acid groups (broad SMARTS) is 1. The van der Waals surface area contributed by atoms with Gasteiger partial charge in [0.25, 0.3) is 0 Å². The van der Waals surface area contributed by atoms with E-state index >= 15 is 0 Å². The molecule has 0 radical (unpaired) electrons. The van der Waals surface area contributed by atoms with E-state index in [1.165, 1.54) is 0 Å². The first-order valence-electron chi connectivity index (χ1n) is 3.38. The molecule has 2 nitrogen and oxygen atoms in total. The van der Waals surface area contributed by atoms with Crippen molar-refractivity contribution in [2.45, 2.75) is 6.92 Å². The van der Waals surface area contributed by atoms with Crippen molar-refractivity contribution >= 4 is 5.97 Å². The number of allylic oxidation sites excluding steroid dienone is 2. The number of rotatable bonds is 2. The first-order valence-corrected chi connectivity index (χ1v) is 6.15. The quantitative estimate of drug-likeness (QED) is 0.475. The van der Waals surface area contributed by atoms with Crippen molar-refractivity contribution in [3.8, 4) is 0 Å². The van der Waals surface area contributed by atoms with Gasteiger partial charge in [-0.2, -0.15) is 0 Å². The van der Waals surface area contributed by atoms with Gasteiger partial charge in [-0.25, -0.2) is 0 Å². The molecular formula is C8H10IO2-. The summed E-state index contributed by atoms with van der Waals surface area (Å²) >= 11 is 0.103. The number of alkyl halides is 1. The van der Waals surface area contributed by atoms with E-state index in [0.717, 1.165) is 10.0 Å². The number of carbonyl (C=O) groups is 1. The van der Waals surface area contributed by atoms with Gasteiger partial charge in [-0.05, 0) is 0 Å². The average molecular weight is 265 g/mol. The van der Waals surface area contributed by atoms with Crippen molar-refractivity contribution in [1.29, 1.82) is 0 Å². The summed E-state index contributed by atoms with van der Waals surface area (Å²) in [5, 5.41) is 8.68. The summed E-state index contributed by atoms with van der Waals surface area (Å²) in [4.78, 5) is 10.5. The monoisotopic (exact) mass is 265 g/mol. The standard InChI is InChI=1S/C8H10IO2/c1-6(8(10)11)7-3-2-4-9-5-7/h2-4,6H,5H2,1H3,(H,10,11)/q-1/t6-/m0/s1. The molecule has 1 aliphatic rings. The third kappa shape index (κ3) is 2.32. The van der Waals surface area contributed by atoms with E-state index in [9.17, 15) is 4.79 Å². The molecule has 3 heteroatoms. The molecule has 0 saturated carbocycles. The molecule has 62 valence electrons. The number of hydrogen-bond donors (Lipinski definition) is 1. The molecule has 1 aliphatic heterocycles. The number of carboxylic acids is 1. The third-order valence-electron chi connectivity index (χ3n) is 1.63. The Morgan fingerprint density at radius 1 is 1.82 bits per heavy atom. The molecule has 1 atom stereocenters. The molecule has 11 heavy (non-hydrogen) atoms. The Kier molecular flexibility index (Phi) is 3.11. The van der Waals surface area contributed by atoms with Gasteiger partial charge in [0.2, 0.25) is 0 Å². The van der Waals surface area contributed by atoms with Gasteiger partial charge in [-0.3, -0.25) is 0 Å². The zero-order chi connectivity index (χ0) is 8.27. The average Bonchev–Trinajstić information content (AvgIpc) is 2.05. The Hall–Kier alpha value is -0.320. The third-order valence-corrected chi connectivity index (χ3v) is 3.88. The number of hydrogen-bond acceptors (Lipinski definition) is 1.